The van der Waals surface area contributed by atoms with Gasteiger partial charge in [-0.1, -0.05) is 81.5 Å². The van der Waals surface area contributed by atoms with Crippen molar-refractivity contribution in [3.05, 3.63) is 95.3 Å². The van der Waals surface area contributed by atoms with Crippen molar-refractivity contribution in [3.8, 4) is 0 Å². The minimum atomic E-state index is 0.0497. The second-order valence-corrected chi connectivity index (χ2v) is 8.94. The lowest BCUT2D eigenvalue weighted by Gasteiger charge is -2.19. The summed E-state index contributed by atoms with van der Waals surface area (Å²) in [4.78, 5) is 0.459. The lowest BCUT2D eigenvalue weighted by atomic mass is 9.86. The van der Waals surface area contributed by atoms with Gasteiger partial charge in [-0.15, -0.1) is 0 Å². The zero-order chi connectivity index (χ0) is 21.9. The summed E-state index contributed by atoms with van der Waals surface area (Å²) in [5.74, 6) is 0.135. The van der Waals surface area contributed by atoms with Crippen LogP contribution in [-0.4, -0.2) is 10.1 Å². The van der Waals surface area contributed by atoms with Gasteiger partial charge in [0.05, 0.1) is 0 Å². The highest BCUT2D eigenvalue weighted by atomic mass is 32.1. The number of rotatable bonds is 4. The highest BCUT2D eigenvalue weighted by molar-refractivity contribution is 7.81. The molecule has 0 amide bonds. The summed E-state index contributed by atoms with van der Waals surface area (Å²) in [6, 6.07) is 19.9. The number of aliphatic hydroxyl groups is 1. The van der Waals surface area contributed by atoms with E-state index >= 15 is 0 Å². The first-order chi connectivity index (χ1) is 14.2. The molecule has 0 atom stereocenters. The summed E-state index contributed by atoms with van der Waals surface area (Å²) >= 11 is 5.77. The Kier molecular flexibility index (Phi) is 6.37. The number of anilines is 1. The average molecular weight is 418 g/mol. The number of nitrogens with zero attached hydrogens (tertiary/aromatic N) is 1. The van der Waals surface area contributed by atoms with E-state index < -0.39 is 0 Å². The fraction of sp³-hybridized carbons (Fsp3) is 0.231. The van der Waals surface area contributed by atoms with Crippen LogP contribution in [0.15, 0.2) is 73.1 Å². The monoisotopic (exact) mass is 417 g/mol. The topological polar surface area (TPSA) is 36.1 Å². The zero-order valence-electron chi connectivity index (χ0n) is 18.2. The van der Waals surface area contributed by atoms with Crippen molar-refractivity contribution in [3.63, 3.8) is 0 Å². The van der Waals surface area contributed by atoms with E-state index in [-0.39, 0.29) is 11.2 Å². The van der Waals surface area contributed by atoms with E-state index in [4.69, 9.17) is 12.2 Å². The van der Waals surface area contributed by atoms with E-state index in [1.807, 2.05) is 79.3 Å². The van der Waals surface area contributed by atoms with Gasteiger partial charge in [0.15, 0.2) is 23.1 Å². The SMILES string of the molecule is Cc1cccc(C)c1NC(=S)/C(=C(/O)c1ccc(C(C)(C)C)cc1)[n+]1ccccc1. The number of aromatic nitrogens is 1. The number of thiocarbonyl (C=S) groups is 1. The molecule has 0 spiro atoms. The molecule has 0 saturated carbocycles. The van der Waals surface area contributed by atoms with E-state index in [1.165, 1.54) is 5.56 Å². The van der Waals surface area contributed by atoms with Gasteiger partial charge < -0.3 is 10.4 Å². The number of nitrogens with one attached hydrogen (secondary N) is 1. The van der Waals surface area contributed by atoms with E-state index in [1.54, 1.807) is 0 Å². The van der Waals surface area contributed by atoms with Crippen molar-refractivity contribution in [2.45, 2.75) is 40.0 Å². The lowest BCUT2D eigenvalue weighted by molar-refractivity contribution is -0.575. The summed E-state index contributed by atoms with van der Waals surface area (Å²) in [6.07, 6.45) is 3.77. The lowest BCUT2D eigenvalue weighted by Crippen LogP contribution is -2.38. The van der Waals surface area contributed by atoms with E-state index in [0.29, 0.717) is 10.7 Å². The smallest absolute Gasteiger partial charge is 0.288 e. The third-order valence-electron chi connectivity index (χ3n) is 5.16. The fourth-order valence-corrected chi connectivity index (χ4v) is 3.65. The standard InChI is InChI=1S/C26H28N2OS/c1-18-10-9-11-19(2)22(18)27-25(30)23(28-16-7-6-8-17-28)24(29)20-12-14-21(15-13-20)26(3,4)5/h6-17H,1-5H3,(H-,27,29,30)/p+1. The van der Waals surface area contributed by atoms with Crippen LogP contribution in [0.4, 0.5) is 5.69 Å². The summed E-state index contributed by atoms with van der Waals surface area (Å²) in [7, 11) is 0. The van der Waals surface area contributed by atoms with Crippen LogP contribution in [0.2, 0.25) is 0 Å². The van der Waals surface area contributed by atoms with Crippen molar-refractivity contribution < 1.29 is 9.67 Å². The first-order valence-corrected chi connectivity index (χ1v) is 10.5. The molecule has 0 fully saturated rings. The molecule has 2 N–H and O–H groups in total. The molecule has 2 aromatic carbocycles. The predicted octanol–water partition coefficient (Wildman–Crippen LogP) is 6.21. The van der Waals surface area contributed by atoms with Crippen LogP contribution in [0.1, 0.15) is 43.0 Å². The normalized spacial score (nSPS) is 12.3. The third-order valence-corrected chi connectivity index (χ3v) is 5.45. The molecule has 4 heteroatoms. The van der Waals surface area contributed by atoms with Crippen LogP contribution in [0.5, 0.6) is 0 Å². The van der Waals surface area contributed by atoms with Crippen molar-refractivity contribution in [2.75, 3.05) is 5.32 Å². The van der Waals surface area contributed by atoms with Gasteiger partial charge in [-0.3, -0.25) is 0 Å². The average Bonchev–Trinajstić information content (AvgIpc) is 2.71. The van der Waals surface area contributed by atoms with Gasteiger partial charge in [0.25, 0.3) is 5.70 Å². The summed E-state index contributed by atoms with van der Waals surface area (Å²) in [5, 5.41) is 14.6. The minimum absolute atomic E-state index is 0.0497. The molecule has 0 aliphatic heterocycles. The molecule has 0 aliphatic carbocycles. The molecule has 3 nitrogen and oxygen atoms in total. The number of hydrogen-bond acceptors (Lipinski definition) is 2. The molecule has 154 valence electrons. The van der Waals surface area contributed by atoms with Gasteiger partial charge in [-0.25, -0.2) is 0 Å². The molecule has 0 unspecified atom stereocenters. The van der Waals surface area contributed by atoms with Gasteiger partial charge in [0, 0.05) is 23.4 Å². The molecule has 0 radical (unpaired) electrons. The minimum Gasteiger partial charge on any atom is -0.502 e. The van der Waals surface area contributed by atoms with Gasteiger partial charge in [0.2, 0.25) is 0 Å². The zero-order valence-corrected chi connectivity index (χ0v) is 19.0. The quantitative estimate of drug-likeness (QED) is 0.229. The molecule has 1 heterocycles. The molecule has 3 rings (SSSR count). The van der Waals surface area contributed by atoms with Crippen molar-refractivity contribution in [1.29, 1.82) is 0 Å². The van der Waals surface area contributed by atoms with Gasteiger partial charge in [-0.05, 0) is 36.0 Å². The first-order valence-electron chi connectivity index (χ1n) is 10.1. The van der Waals surface area contributed by atoms with Crippen LogP contribution < -0.4 is 9.88 Å². The molecule has 3 aromatic rings. The van der Waals surface area contributed by atoms with Gasteiger partial charge >= 0.3 is 0 Å². The number of benzene rings is 2. The highest BCUT2D eigenvalue weighted by Crippen LogP contribution is 2.26. The number of hydrogen-bond donors (Lipinski definition) is 2. The van der Waals surface area contributed by atoms with Crippen LogP contribution in [-0.2, 0) is 5.41 Å². The van der Waals surface area contributed by atoms with Crippen molar-refractivity contribution in [1.82, 2.24) is 0 Å². The molecular weight excluding hydrogens is 388 g/mol. The second-order valence-electron chi connectivity index (χ2n) is 8.53. The molecule has 30 heavy (non-hydrogen) atoms. The van der Waals surface area contributed by atoms with Crippen LogP contribution in [0.25, 0.3) is 11.5 Å². The highest BCUT2D eigenvalue weighted by Gasteiger charge is 2.24. The number of aliphatic hydroxyl groups excluding tert-OH is 1. The van der Waals surface area contributed by atoms with Gasteiger partial charge in [-0.2, -0.15) is 4.57 Å². The first kappa shape index (κ1) is 21.7. The number of pyridine rings is 1. The summed E-state index contributed by atoms with van der Waals surface area (Å²) in [5.41, 5.74) is 5.69. The second kappa shape index (κ2) is 8.80. The Morgan fingerprint density at radius 2 is 1.43 bits per heavy atom. The Balaban J connectivity index is 2.08. The van der Waals surface area contributed by atoms with E-state index in [2.05, 4.69) is 38.2 Å². The van der Waals surface area contributed by atoms with Gasteiger partial charge in [0.1, 0.15) is 0 Å². The van der Waals surface area contributed by atoms with Crippen LogP contribution in [0.3, 0.4) is 0 Å². The molecule has 0 saturated heterocycles. The predicted molar refractivity (Wildman–Crippen MR) is 130 cm³/mol. The Bertz CT molecular complexity index is 1060. The number of para-hydroxylation sites is 1. The molecule has 0 aliphatic rings. The van der Waals surface area contributed by atoms with E-state index in [9.17, 15) is 5.11 Å². The maximum Gasteiger partial charge on any atom is 0.288 e. The molecular formula is C26H29N2OS+. The van der Waals surface area contributed by atoms with Crippen LogP contribution >= 0.6 is 12.2 Å². The van der Waals surface area contributed by atoms with Crippen molar-refractivity contribution >= 4 is 34.3 Å². The Labute approximate surface area is 184 Å². The molecule has 0 bridgehead atoms. The maximum atomic E-state index is 11.2. The van der Waals surface area contributed by atoms with E-state index in [0.717, 1.165) is 22.4 Å². The Morgan fingerprint density at radius 1 is 0.867 bits per heavy atom. The summed E-state index contributed by atoms with van der Waals surface area (Å²) < 4.78 is 1.84. The third kappa shape index (κ3) is 4.77. The Morgan fingerprint density at radius 3 is 1.97 bits per heavy atom. The number of aryl methyl sites for hydroxylation is 2. The van der Waals surface area contributed by atoms with Crippen molar-refractivity contribution in [2.24, 2.45) is 0 Å². The maximum absolute atomic E-state index is 11.2. The summed E-state index contributed by atoms with van der Waals surface area (Å²) in [6.45, 7) is 10.6. The molecule has 1 aromatic heterocycles. The Hall–Kier alpha value is -2.98. The largest absolute Gasteiger partial charge is 0.502 e. The fourth-order valence-electron chi connectivity index (χ4n) is 3.34. The van der Waals surface area contributed by atoms with Crippen LogP contribution in [0, 0.1) is 13.8 Å².